The molecule has 1 aliphatic heterocycles. The van der Waals surface area contributed by atoms with Crippen molar-refractivity contribution in [3.05, 3.63) is 33.9 Å². The van der Waals surface area contributed by atoms with Crippen molar-refractivity contribution in [3.63, 3.8) is 0 Å². The normalized spacial score (nSPS) is 21.2. The first-order valence-corrected chi connectivity index (χ1v) is 12.8. The minimum Gasteiger partial charge on any atom is -0.381 e. The molecule has 2 aliphatic rings. The Morgan fingerprint density at radius 2 is 1.83 bits per heavy atom. The Bertz CT molecular complexity index is 1230. The average molecular weight is 518 g/mol. The lowest BCUT2D eigenvalue weighted by Crippen LogP contribution is -2.29. The molecule has 1 saturated carbocycles. The first-order valence-electron chi connectivity index (χ1n) is 12.0. The van der Waals surface area contributed by atoms with Crippen LogP contribution in [0.15, 0.2) is 18.3 Å². The van der Waals surface area contributed by atoms with E-state index in [1.165, 1.54) is 0 Å². The lowest BCUT2D eigenvalue weighted by atomic mass is 9.85. The number of ether oxygens (including phenoxy) is 1. The lowest BCUT2D eigenvalue weighted by Gasteiger charge is -2.29. The number of primary amides is 1. The van der Waals surface area contributed by atoms with Gasteiger partial charge in [-0.2, -0.15) is 4.98 Å². The number of aromatic nitrogens is 4. The number of amides is 1. The summed E-state index contributed by atoms with van der Waals surface area (Å²) in [6.45, 7) is 3.37. The number of benzene rings is 1. The molecule has 4 N–H and O–H groups in total. The van der Waals surface area contributed by atoms with Gasteiger partial charge >= 0.3 is 0 Å². The van der Waals surface area contributed by atoms with E-state index < -0.39 is 0 Å². The number of hydrogen-bond acceptors (Lipinski definition) is 7. The number of anilines is 3. The number of nitrogens with zero attached hydrogens (tertiary/aromatic N) is 4. The van der Waals surface area contributed by atoms with E-state index in [0.29, 0.717) is 33.1 Å². The van der Waals surface area contributed by atoms with Crippen LogP contribution in [0.3, 0.4) is 0 Å². The van der Waals surface area contributed by atoms with Crippen molar-refractivity contribution >= 4 is 57.9 Å². The van der Waals surface area contributed by atoms with Gasteiger partial charge in [-0.1, -0.05) is 29.3 Å². The maximum Gasteiger partial charge on any atom is 0.224 e. The van der Waals surface area contributed by atoms with Gasteiger partial charge in [-0.3, -0.25) is 9.36 Å². The number of nitrogens with two attached hydrogens (primary N) is 1. The van der Waals surface area contributed by atoms with Crippen LogP contribution in [0.5, 0.6) is 0 Å². The summed E-state index contributed by atoms with van der Waals surface area (Å²) < 4.78 is 7.57. The zero-order valence-electron chi connectivity index (χ0n) is 19.6. The van der Waals surface area contributed by atoms with Crippen molar-refractivity contribution in [2.45, 2.75) is 57.5 Å². The predicted octanol–water partition coefficient (Wildman–Crippen LogP) is 4.99. The van der Waals surface area contributed by atoms with E-state index in [0.717, 1.165) is 62.9 Å². The SMILES string of the molecule is Cc1ccc(Nc2nc3cnc(NC4CCOCC4)nc3n2[C@H]2CC[C@H](C(N)=O)CC2)c(Cl)c1Cl. The molecule has 0 spiro atoms. The van der Waals surface area contributed by atoms with Crippen LogP contribution in [0.2, 0.25) is 10.0 Å². The number of halogens is 2. The maximum absolute atomic E-state index is 11.7. The second-order valence-corrected chi connectivity index (χ2v) is 10.1. The van der Waals surface area contributed by atoms with Crippen LogP contribution >= 0.6 is 23.2 Å². The van der Waals surface area contributed by atoms with E-state index in [2.05, 4.69) is 20.2 Å². The Morgan fingerprint density at radius 1 is 1.09 bits per heavy atom. The number of imidazole rings is 1. The van der Waals surface area contributed by atoms with Crippen molar-refractivity contribution in [1.82, 2.24) is 19.5 Å². The fourth-order valence-corrected chi connectivity index (χ4v) is 5.32. The highest BCUT2D eigenvalue weighted by Crippen LogP contribution is 2.39. The highest BCUT2D eigenvalue weighted by atomic mass is 35.5. The summed E-state index contributed by atoms with van der Waals surface area (Å²) in [5.41, 5.74) is 8.54. The highest BCUT2D eigenvalue weighted by molar-refractivity contribution is 6.44. The molecule has 3 aromatic rings. The number of carbonyl (C=O) groups excluding carboxylic acids is 1. The summed E-state index contributed by atoms with van der Waals surface area (Å²) in [6, 6.07) is 4.18. The molecule has 3 heterocycles. The monoisotopic (exact) mass is 517 g/mol. The smallest absolute Gasteiger partial charge is 0.224 e. The minimum atomic E-state index is -0.233. The molecule has 1 amide bonds. The Hall–Kier alpha value is -2.62. The molecule has 2 fully saturated rings. The highest BCUT2D eigenvalue weighted by Gasteiger charge is 2.29. The molecule has 0 bridgehead atoms. The van der Waals surface area contributed by atoms with Crippen LogP contribution in [-0.4, -0.2) is 44.7 Å². The standard InChI is InChI=1S/C24H29Cl2N7O2/c1-13-2-7-17(20(26)19(13)25)30-24-31-18-12-28-23(29-15-8-10-35-11-9-15)32-22(18)33(24)16-5-3-14(4-6-16)21(27)34/h2,7,12,14-16H,3-6,8-11H2,1H3,(H2,27,34)(H,30,31)(H,28,29,32)/t14-,16-. The number of fused-ring (bicyclic) bond motifs is 1. The number of rotatable bonds is 6. The van der Waals surface area contributed by atoms with Gasteiger partial charge in [0.05, 0.1) is 21.9 Å². The van der Waals surface area contributed by atoms with Crippen LogP contribution in [-0.2, 0) is 9.53 Å². The van der Waals surface area contributed by atoms with E-state index in [1.807, 2.05) is 19.1 Å². The van der Waals surface area contributed by atoms with Gasteiger partial charge in [0.15, 0.2) is 5.65 Å². The predicted molar refractivity (Wildman–Crippen MR) is 137 cm³/mol. The van der Waals surface area contributed by atoms with Gasteiger partial charge in [-0.15, -0.1) is 0 Å². The Kier molecular flexibility index (Phi) is 7.00. The van der Waals surface area contributed by atoms with E-state index in [-0.39, 0.29) is 23.9 Å². The second-order valence-electron chi connectivity index (χ2n) is 9.33. The first-order chi connectivity index (χ1) is 16.9. The molecule has 0 radical (unpaired) electrons. The number of aryl methyl sites for hydroxylation is 1. The van der Waals surface area contributed by atoms with E-state index in [9.17, 15) is 4.79 Å². The van der Waals surface area contributed by atoms with Crippen LogP contribution in [0.1, 0.15) is 50.1 Å². The Labute approximate surface area is 213 Å². The first kappa shape index (κ1) is 24.1. The average Bonchev–Trinajstić information content (AvgIpc) is 3.22. The van der Waals surface area contributed by atoms with Crippen molar-refractivity contribution < 1.29 is 9.53 Å². The Morgan fingerprint density at radius 3 is 2.54 bits per heavy atom. The Balaban J connectivity index is 1.51. The fraction of sp³-hybridized carbons (Fsp3) is 0.500. The molecule has 186 valence electrons. The summed E-state index contributed by atoms with van der Waals surface area (Å²) in [5, 5.41) is 7.76. The third-order valence-corrected chi connectivity index (χ3v) is 7.95. The molecular weight excluding hydrogens is 489 g/mol. The molecule has 1 aliphatic carbocycles. The van der Waals surface area contributed by atoms with Gasteiger partial charge in [0.1, 0.15) is 5.52 Å². The van der Waals surface area contributed by atoms with Crippen molar-refractivity contribution in [1.29, 1.82) is 0 Å². The van der Waals surface area contributed by atoms with Gasteiger partial charge in [-0.25, -0.2) is 9.97 Å². The van der Waals surface area contributed by atoms with Crippen molar-refractivity contribution in [2.24, 2.45) is 11.7 Å². The number of carbonyl (C=O) groups is 1. The summed E-state index contributed by atoms with van der Waals surface area (Å²) in [7, 11) is 0. The molecule has 0 atom stereocenters. The number of hydrogen-bond donors (Lipinski definition) is 3. The van der Waals surface area contributed by atoms with Crippen LogP contribution < -0.4 is 16.4 Å². The molecular formula is C24H29Cl2N7O2. The van der Waals surface area contributed by atoms with Gasteiger partial charge in [0.2, 0.25) is 17.8 Å². The molecule has 1 aromatic carbocycles. The summed E-state index contributed by atoms with van der Waals surface area (Å²) >= 11 is 12.9. The lowest BCUT2D eigenvalue weighted by molar-refractivity contribution is -0.122. The largest absolute Gasteiger partial charge is 0.381 e. The van der Waals surface area contributed by atoms with Crippen LogP contribution in [0, 0.1) is 12.8 Å². The zero-order chi connectivity index (χ0) is 24.5. The van der Waals surface area contributed by atoms with Crippen molar-refractivity contribution in [3.8, 4) is 0 Å². The van der Waals surface area contributed by atoms with Gasteiger partial charge in [-0.05, 0) is 57.1 Å². The third kappa shape index (κ3) is 5.03. The van der Waals surface area contributed by atoms with E-state index in [4.69, 9.17) is 43.6 Å². The molecule has 9 nitrogen and oxygen atoms in total. The van der Waals surface area contributed by atoms with Gasteiger partial charge < -0.3 is 21.1 Å². The fourth-order valence-electron chi connectivity index (χ4n) is 4.90. The maximum atomic E-state index is 11.7. The molecule has 11 heteroatoms. The molecule has 5 rings (SSSR count). The van der Waals surface area contributed by atoms with Gasteiger partial charge in [0.25, 0.3) is 0 Å². The number of nitrogens with one attached hydrogen (secondary N) is 2. The quantitative estimate of drug-likeness (QED) is 0.420. The molecule has 2 aromatic heterocycles. The summed E-state index contributed by atoms with van der Waals surface area (Å²) in [4.78, 5) is 25.9. The molecule has 0 unspecified atom stereocenters. The summed E-state index contributed by atoms with van der Waals surface area (Å²) in [5.74, 6) is 0.855. The van der Waals surface area contributed by atoms with Crippen LogP contribution in [0.4, 0.5) is 17.6 Å². The van der Waals surface area contributed by atoms with Gasteiger partial charge in [0, 0.05) is 31.2 Å². The van der Waals surface area contributed by atoms with E-state index in [1.54, 1.807) is 6.20 Å². The van der Waals surface area contributed by atoms with Crippen LogP contribution in [0.25, 0.3) is 11.2 Å². The molecule has 35 heavy (non-hydrogen) atoms. The second kappa shape index (κ2) is 10.2. The molecule has 1 saturated heterocycles. The van der Waals surface area contributed by atoms with E-state index >= 15 is 0 Å². The minimum absolute atomic E-state index is 0.0943. The third-order valence-electron chi connectivity index (χ3n) is 6.97. The topological polar surface area (TPSA) is 120 Å². The zero-order valence-corrected chi connectivity index (χ0v) is 21.1. The summed E-state index contributed by atoms with van der Waals surface area (Å²) in [6.07, 6.45) is 6.62. The van der Waals surface area contributed by atoms with Crippen molar-refractivity contribution in [2.75, 3.05) is 23.8 Å².